The maximum atomic E-state index is 10.9. The molecule has 0 fully saturated rings. The molecule has 0 saturated carbocycles. The normalized spacial score (nSPS) is 21.3. The molecule has 3 rings (SSSR count). The Morgan fingerprint density at radius 2 is 2.11 bits per heavy atom. The van der Waals surface area contributed by atoms with Crippen LogP contribution in [-0.2, 0) is 18.4 Å². The van der Waals surface area contributed by atoms with Crippen molar-refractivity contribution in [2.45, 2.75) is 24.9 Å². The highest BCUT2D eigenvalue weighted by Crippen LogP contribution is 2.40. The number of rotatable bonds is 2. The Morgan fingerprint density at radius 3 is 2.89 bits per heavy atom. The molecule has 98 valence electrons. The monoisotopic (exact) mass is 255 g/mol. The quantitative estimate of drug-likeness (QED) is 0.712. The van der Waals surface area contributed by atoms with E-state index in [9.17, 15) is 5.11 Å². The van der Waals surface area contributed by atoms with Gasteiger partial charge in [-0.15, -0.1) is 0 Å². The fourth-order valence-electron chi connectivity index (χ4n) is 2.85. The van der Waals surface area contributed by atoms with Gasteiger partial charge >= 0.3 is 0 Å². The molecule has 1 aromatic heterocycles. The van der Waals surface area contributed by atoms with Crippen LogP contribution in [0.5, 0.6) is 0 Å². The SMILES string of the molecule is Nc1ccc2c(c1)CCC2(O)Cc1cccnc1N. The zero-order chi connectivity index (χ0) is 13.5. The summed E-state index contributed by atoms with van der Waals surface area (Å²) in [5.41, 5.74) is 14.5. The van der Waals surface area contributed by atoms with Gasteiger partial charge in [-0.3, -0.25) is 0 Å². The lowest BCUT2D eigenvalue weighted by molar-refractivity contribution is 0.0390. The van der Waals surface area contributed by atoms with E-state index in [2.05, 4.69) is 4.98 Å². The van der Waals surface area contributed by atoms with E-state index in [0.717, 1.165) is 28.8 Å². The van der Waals surface area contributed by atoms with Crippen LogP contribution in [0.2, 0.25) is 0 Å². The van der Waals surface area contributed by atoms with Crippen molar-refractivity contribution in [3.8, 4) is 0 Å². The number of benzene rings is 1. The lowest BCUT2D eigenvalue weighted by atomic mass is 9.89. The van der Waals surface area contributed by atoms with E-state index in [4.69, 9.17) is 11.5 Å². The van der Waals surface area contributed by atoms with Crippen LogP contribution in [0.15, 0.2) is 36.5 Å². The molecule has 0 aliphatic heterocycles. The van der Waals surface area contributed by atoms with Gasteiger partial charge in [-0.05, 0) is 47.7 Å². The van der Waals surface area contributed by atoms with Crippen molar-refractivity contribution in [1.29, 1.82) is 0 Å². The second kappa shape index (κ2) is 4.24. The van der Waals surface area contributed by atoms with Crippen molar-refractivity contribution in [3.63, 3.8) is 0 Å². The summed E-state index contributed by atoms with van der Waals surface area (Å²) in [5, 5.41) is 10.9. The third kappa shape index (κ3) is 2.04. The highest BCUT2D eigenvalue weighted by molar-refractivity contribution is 5.50. The predicted octanol–water partition coefficient (Wildman–Crippen LogP) is 1.62. The number of nitrogen functional groups attached to an aromatic ring is 2. The molecule has 19 heavy (non-hydrogen) atoms. The number of fused-ring (bicyclic) bond motifs is 1. The topological polar surface area (TPSA) is 85.2 Å². The van der Waals surface area contributed by atoms with Crippen LogP contribution in [0.3, 0.4) is 0 Å². The first kappa shape index (κ1) is 12.0. The molecule has 5 N–H and O–H groups in total. The highest BCUT2D eigenvalue weighted by Gasteiger charge is 2.37. The summed E-state index contributed by atoms with van der Waals surface area (Å²) in [7, 11) is 0. The van der Waals surface area contributed by atoms with Crippen LogP contribution in [-0.4, -0.2) is 10.1 Å². The van der Waals surface area contributed by atoms with E-state index < -0.39 is 5.60 Å². The number of aliphatic hydroxyl groups is 1. The lowest BCUT2D eigenvalue weighted by Crippen LogP contribution is -2.26. The van der Waals surface area contributed by atoms with Gasteiger partial charge in [-0.1, -0.05) is 12.1 Å². The summed E-state index contributed by atoms with van der Waals surface area (Å²) in [6.07, 6.45) is 3.69. The van der Waals surface area contributed by atoms with Crippen molar-refractivity contribution in [2.75, 3.05) is 11.5 Å². The maximum Gasteiger partial charge on any atom is 0.126 e. The van der Waals surface area contributed by atoms with Crippen molar-refractivity contribution >= 4 is 11.5 Å². The van der Waals surface area contributed by atoms with Crippen molar-refractivity contribution in [3.05, 3.63) is 53.2 Å². The lowest BCUT2D eigenvalue weighted by Gasteiger charge is -2.24. The summed E-state index contributed by atoms with van der Waals surface area (Å²) in [6.45, 7) is 0. The minimum absolute atomic E-state index is 0.486. The number of aromatic nitrogens is 1. The molecule has 0 radical (unpaired) electrons. The van der Waals surface area contributed by atoms with Gasteiger partial charge in [0.15, 0.2) is 0 Å². The third-order valence-electron chi connectivity index (χ3n) is 3.85. The zero-order valence-electron chi connectivity index (χ0n) is 10.6. The minimum atomic E-state index is -0.861. The number of nitrogens with zero attached hydrogens (tertiary/aromatic N) is 1. The summed E-state index contributed by atoms with van der Waals surface area (Å²) < 4.78 is 0. The van der Waals surface area contributed by atoms with Crippen molar-refractivity contribution in [2.24, 2.45) is 0 Å². The van der Waals surface area contributed by atoms with Crippen LogP contribution in [0.4, 0.5) is 11.5 Å². The third-order valence-corrected chi connectivity index (χ3v) is 3.85. The molecular formula is C15H17N3O. The minimum Gasteiger partial charge on any atom is -0.399 e. The van der Waals surface area contributed by atoms with Crippen LogP contribution >= 0.6 is 0 Å². The first-order valence-electron chi connectivity index (χ1n) is 6.39. The summed E-state index contributed by atoms with van der Waals surface area (Å²) in [5.74, 6) is 0.486. The average molecular weight is 255 g/mol. The van der Waals surface area contributed by atoms with Crippen LogP contribution < -0.4 is 11.5 Å². The number of hydrogen-bond acceptors (Lipinski definition) is 4. The Balaban J connectivity index is 1.97. The molecule has 0 bridgehead atoms. The van der Waals surface area contributed by atoms with Crippen LogP contribution in [0.1, 0.15) is 23.1 Å². The standard InChI is InChI=1S/C15H17N3O/c16-12-3-4-13-10(8-12)5-6-15(13,19)9-11-2-1-7-18-14(11)17/h1-4,7-8,19H,5-6,9,16H2,(H2,17,18). The molecule has 0 saturated heterocycles. The molecule has 0 spiro atoms. The maximum absolute atomic E-state index is 10.9. The highest BCUT2D eigenvalue weighted by atomic mass is 16.3. The largest absolute Gasteiger partial charge is 0.399 e. The van der Waals surface area contributed by atoms with Crippen LogP contribution in [0, 0.1) is 0 Å². The first-order valence-corrected chi connectivity index (χ1v) is 6.39. The number of hydrogen-bond donors (Lipinski definition) is 3. The molecule has 4 nitrogen and oxygen atoms in total. The smallest absolute Gasteiger partial charge is 0.126 e. The second-order valence-corrected chi connectivity index (χ2v) is 5.17. The van der Waals surface area contributed by atoms with Gasteiger partial charge in [-0.2, -0.15) is 0 Å². The second-order valence-electron chi connectivity index (χ2n) is 5.17. The molecule has 1 unspecified atom stereocenters. The van der Waals surface area contributed by atoms with Gasteiger partial charge < -0.3 is 16.6 Å². The zero-order valence-corrected chi connectivity index (χ0v) is 10.6. The van der Waals surface area contributed by atoms with Crippen LogP contribution in [0.25, 0.3) is 0 Å². The molecule has 2 aromatic rings. The fraction of sp³-hybridized carbons (Fsp3) is 0.267. The van der Waals surface area contributed by atoms with Gasteiger partial charge in [0.25, 0.3) is 0 Å². The van der Waals surface area contributed by atoms with E-state index >= 15 is 0 Å². The van der Waals surface area contributed by atoms with Crippen molar-refractivity contribution < 1.29 is 5.11 Å². The van der Waals surface area contributed by atoms with E-state index in [1.165, 1.54) is 0 Å². The van der Waals surface area contributed by atoms with E-state index in [1.54, 1.807) is 6.20 Å². The Kier molecular flexibility index (Phi) is 2.68. The van der Waals surface area contributed by atoms with Gasteiger partial charge in [0, 0.05) is 18.3 Å². The number of nitrogens with two attached hydrogens (primary N) is 2. The molecule has 4 heteroatoms. The fourth-order valence-corrected chi connectivity index (χ4v) is 2.85. The summed E-state index contributed by atoms with van der Waals surface area (Å²) >= 11 is 0. The van der Waals surface area contributed by atoms with Crippen molar-refractivity contribution in [1.82, 2.24) is 4.98 Å². The van der Waals surface area contributed by atoms with E-state index in [0.29, 0.717) is 18.7 Å². The Hall–Kier alpha value is -2.07. The Morgan fingerprint density at radius 1 is 1.26 bits per heavy atom. The van der Waals surface area contributed by atoms with Gasteiger partial charge in [0.05, 0.1) is 5.60 Å². The van der Waals surface area contributed by atoms with Gasteiger partial charge in [-0.25, -0.2) is 4.98 Å². The van der Waals surface area contributed by atoms with E-state index in [1.807, 2.05) is 30.3 Å². The molecule has 1 heterocycles. The first-order chi connectivity index (χ1) is 9.08. The summed E-state index contributed by atoms with van der Waals surface area (Å²) in [6, 6.07) is 9.45. The Labute approximate surface area is 112 Å². The van der Waals surface area contributed by atoms with Gasteiger partial charge in [0.1, 0.15) is 5.82 Å². The van der Waals surface area contributed by atoms with Gasteiger partial charge in [0.2, 0.25) is 0 Å². The molecule has 1 aromatic carbocycles. The number of pyridine rings is 1. The molecule has 1 aliphatic rings. The average Bonchev–Trinajstić information content (AvgIpc) is 2.70. The molecule has 1 aliphatic carbocycles. The number of anilines is 2. The predicted molar refractivity (Wildman–Crippen MR) is 75.4 cm³/mol. The summed E-state index contributed by atoms with van der Waals surface area (Å²) in [4.78, 5) is 4.07. The molecule has 1 atom stereocenters. The molecule has 0 amide bonds. The molecular weight excluding hydrogens is 238 g/mol. The van der Waals surface area contributed by atoms with E-state index in [-0.39, 0.29) is 0 Å². The Bertz CT molecular complexity index is 627. The number of aryl methyl sites for hydroxylation is 1.